The molecular formula is C13H16N2O3S. The molecule has 1 unspecified atom stereocenters. The van der Waals surface area contributed by atoms with E-state index in [1.54, 1.807) is 4.57 Å². The second-order valence-electron chi connectivity index (χ2n) is 5.18. The van der Waals surface area contributed by atoms with Crippen molar-refractivity contribution in [2.24, 2.45) is 0 Å². The van der Waals surface area contributed by atoms with Gasteiger partial charge in [-0.2, -0.15) is 0 Å². The molecule has 1 aromatic carbocycles. The zero-order chi connectivity index (χ0) is 13.6. The summed E-state index contributed by atoms with van der Waals surface area (Å²) in [6.07, 6.45) is 1.36. The second-order valence-corrected chi connectivity index (χ2v) is 7.41. The summed E-state index contributed by atoms with van der Waals surface area (Å²) >= 11 is 0. The van der Waals surface area contributed by atoms with Crippen LogP contribution in [0, 0.1) is 6.92 Å². The van der Waals surface area contributed by atoms with E-state index >= 15 is 0 Å². The number of aryl methyl sites for hydroxylation is 1. The van der Waals surface area contributed by atoms with Crippen LogP contribution >= 0.6 is 0 Å². The lowest BCUT2D eigenvalue weighted by Crippen LogP contribution is -2.32. The van der Waals surface area contributed by atoms with Crippen molar-refractivity contribution >= 4 is 20.9 Å². The molecule has 0 aliphatic carbocycles. The molecule has 5 nitrogen and oxygen atoms in total. The van der Waals surface area contributed by atoms with Crippen molar-refractivity contribution in [3.63, 3.8) is 0 Å². The van der Waals surface area contributed by atoms with E-state index in [-0.39, 0.29) is 23.2 Å². The number of hydrogen-bond donors (Lipinski definition) is 1. The molecule has 1 N–H and O–H groups in total. The van der Waals surface area contributed by atoms with Gasteiger partial charge in [-0.1, -0.05) is 12.1 Å². The smallest absolute Gasteiger partial charge is 0.305 e. The topological polar surface area (TPSA) is 71.9 Å². The molecule has 6 heteroatoms. The predicted octanol–water partition coefficient (Wildman–Crippen LogP) is 1.39. The van der Waals surface area contributed by atoms with Gasteiger partial charge in [-0.05, 0) is 31.4 Å². The van der Waals surface area contributed by atoms with E-state index in [1.165, 1.54) is 0 Å². The number of H-pyrrole nitrogens is 1. The zero-order valence-corrected chi connectivity index (χ0v) is 11.5. The number of aromatic nitrogens is 2. The molecule has 19 heavy (non-hydrogen) atoms. The normalized spacial score (nSPS) is 22.7. The average molecular weight is 280 g/mol. The molecule has 1 aromatic heterocycles. The summed E-state index contributed by atoms with van der Waals surface area (Å²) in [5.74, 6) is 0.299. The standard InChI is InChI=1S/C13H16N2O3S/c1-9-4-2-6-11-12(9)14-13(16)15(11)10-5-3-7-19(17,18)8-10/h2,4,6,10H,3,5,7-8H2,1H3,(H,14,16). The molecule has 1 atom stereocenters. The van der Waals surface area contributed by atoms with Crippen molar-refractivity contribution in [3.8, 4) is 0 Å². The van der Waals surface area contributed by atoms with Crippen LogP contribution in [0.3, 0.4) is 0 Å². The van der Waals surface area contributed by atoms with Gasteiger partial charge in [0.05, 0.1) is 28.6 Å². The third-order valence-corrected chi connectivity index (χ3v) is 5.57. The Balaban J connectivity index is 2.18. The number of nitrogens with zero attached hydrogens (tertiary/aromatic N) is 1. The molecule has 2 aromatic rings. The highest BCUT2D eigenvalue weighted by Crippen LogP contribution is 2.26. The van der Waals surface area contributed by atoms with Gasteiger partial charge in [-0.3, -0.25) is 4.57 Å². The molecule has 102 valence electrons. The second kappa shape index (κ2) is 4.23. The highest BCUT2D eigenvalue weighted by Gasteiger charge is 2.28. The number of aromatic amines is 1. The Morgan fingerprint density at radius 1 is 1.37 bits per heavy atom. The SMILES string of the molecule is Cc1cccc2c1[nH]c(=O)n2C1CCCS(=O)(=O)C1. The maximum Gasteiger partial charge on any atom is 0.326 e. The number of imidazole rings is 1. The Labute approximate surface area is 111 Å². The molecule has 3 rings (SSSR count). The summed E-state index contributed by atoms with van der Waals surface area (Å²) in [6, 6.07) is 5.43. The lowest BCUT2D eigenvalue weighted by atomic mass is 10.1. The molecule has 0 bridgehead atoms. The molecule has 1 aliphatic rings. The Morgan fingerprint density at radius 3 is 2.89 bits per heavy atom. The maximum absolute atomic E-state index is 12.1. The first-order chi connectivity index (χ1) is 8.98. The van der Waals surface area contributed by atoms with Crippen LogP contribution in [0.4, 0.5) is 0 Å². The molecule has 2 heterocycles. The number of rotatable bonds is 1. The number of hydrogen-bond acceptors (Lipinski definition) is 3. The van der Waals surface area contributed by atoms with Gasteiger partial charge in [0.1, 0.15) is 0 Å². The average Bonchev–Trinajstić information content (AvgIpc) is 2.66. The number of sulfone groups is 1. The Bertz CT molecular complexity index is 786. The minimum absolute atomic E-state index is 0.0633. The maximum atomic E-state index is 12.1. The zero-order valence-electron chi connectivity index (χ0n) is 10.7. The molecule has 1 aliphatic heterocycles. The molecular weight excluding hydrogens is 264 g/mol. The molecule has 1 saturated heterocycles. The monoisotopic (exact) mass is 280 g/mol. The van der Waals surface area contributed by atoms with E-state index in [9.17, 15) is 13.2 Å². The van der Waals surface area contributed by atoms with E-state index in [2.05, 4.69) is 4.98 Å². The van der Waals surface area contributed by atoms with Gasteiger partial charge in [-0.15, -0.1) is 0 Å². The number of para-hydroxylation sites is 1. The van der Waals surface area contributed by atoms with Gasteiger partial charge in [0.25, 0.3) is 0 Å². The van der Waals surface area contributed by atoms with Crippen LogP contribution in [0.1, 0.15) is 24.4 Å². The lowest BCUT2D eigenvalue weighted by Gasteiger charge is -2.23. The number of benzene rings is 1. The number of fused-ring (bicyclic) bond motifs is 1. The molecule has 0 radical (unpaired) electrons. The van der Waals surface area contributed by atoms with Crippen molar-refractivity contribution in [1.82, 2.24) is 9.55 Å². The fourth-order valence-electron chi connectivity index (χ4n) is 2.86. The van der Waals surface area contributed by atoms with Crippen LogP contribution in [-0.2, 0) is 9.84 Å². The summed E-state index contributed by atoms with van der Waals surface area (Å²) < 4.78 is 25.1. The van der Waals surface area contributed by atoms with Gasteiger partial charge in [0, 0.05) is 0 Å². The van der Waals surface area contributed by atoms with E-state index < -0.39 is 9.84 Å². The summed E-state index contributed by atoms with van der Waals surface area (Å²) in [5, 5.41) is 0. The van der Waals surface area contributed by atoms with Gasteiger partial charge in [-0.25, -0.2) is 13.2 Å². The van der Waals surface area contributed by atoms with Crippen molar-refractivity contribution in [1.29, 1.82) is 0 Å². The quantitative estimate of drug-likeness (QED) is 0.858. The van der Waals surface area contributed by atoms with E-state index in [4.69, 9.17) is 0 Å². The van der Waals surface area contributed by atoms with Crippen LogP contribution in [-0.4, -0.2) is 29.5 Å². The van der Waals surface area contributed by atoms with Gasteiger partial charge in [0.15, 0.2) is 9.84 Å². The van der Waals surface area contributed by atoms with E-state index in [0.717, 1.165) is 23.0 Å². The molecule has 0 spiro atoms. The van der Waals surface area contributed by atoms with Crippen LogP contribution in [0.2, 0.25) is 0 Å². The first-order valence-corrected chi connectivity index (χ1v) is 8.20. The Morgan fingerprint density at radius 2 is 2.16 bits per heavy atom. The highest BCUT2D eigenvalue weighted by atomic mass is 32.2. The van der Waals surface area contributed by atoms with Crippen molar-refractivity contribution < 1.29 is 8.42 Å². The predicted molar refractivity (Wildman–Crippen MR) is 74.2 cm³/mol. The van der Waals surface area contributed by atoms with Crippen molar-refractivity contribution in [2.45, 2.75) is 25.8 Å². The van der Waals surface area contributed by atoms with Crippen LogP contribution in [0.25, 0.3) is 11.0 Å². The van der Waals surface area contributed by atoms with Crippen LogP contribution < -0.4 is 5.69 Å². The molecule has 0 saturated carbocycles. The summed E-state index contributed by atoms with van der Waals surface area (Å²) in [4.78, 5) is 14.9. The molecule has 0 amide bonds. The largest absolute Gasteiger partial charge is 0.326 e. The molecule has 1 fully saturated rings. The third kappa shape index (κ3) is 2.10. The van der Waals surface area contributed by atoms with Gasteiger partial charge >= 0.3 is 5.69 Å². The minimum Gasteiger partial charge on any atom is -0.305 e. The first-order valence-electron chi connectivity index (χ1n) is 6.38. The summed E-state index contributed by atoms with van der Waals surface area (Å²) in [6.45, 7) is 1.93. The Hall–Kier alpha value is -1.56. The van der Waals surface area contributed by atoms with Gasteiger partial charge < -0.3 is 4.98 Å². The van der Waals surface area contributed by atoms with Crippen LogP contribution in [0.5, 0.6) is 0 Å². The fourth-order valence-corrected chi connectivity index (χ4v) is 4.53. The minimum atomic E-state index is -3.03. The third-order valence-electron chi connectivity index (χ3n) is 3.77. The fraction of sp³-hybridized carbons (Fsp3) is 0.462. The first kappa shape index (κ1) is 12.5. The van der Waals surface area contributed by atoms with Crippen LogP contribution in [0.15, 0.2) is 23.0 Å². The van der Waals surface area contributed by atoms with Crippen molar-refractivity contribution in [3.05, 3.63) is 34.2 Å². The van der Waals surface area contributed by atoms with Crippen molar-refractivity contribution in [2.75, 3.05) is 11.5 Å². The Kier molecular flexibility index (Phi) is 2.78. The summed E-state index contributed by atoms with van der Waals surface area (Å²) in [5.41, 5.74) is 2.38. The van der Waals surface area contributed by atoms with Gasteiger partial charge in [0.2, 0.25) is 0 Å². The summed E-state index contributed by atoms with van der Waals surface area (Å²) in [7, 11) is -3.03. The number of nitrogens with one attached hydrogen (secondary N) is 1. The lowest BCUT2D eigenvalue weighted by molar-refractivity contribution is 0.470. The van der Waals surface area contributed by atoms with E-state index in [1.807, 2.05) is 25.1 Å². The van der Waals surface area contributed by atoms with E-state index in [0.29, 0.717) is 6.42 Å². The highest BCUT2D eigenvalue weighted by molar-refractivity contribution is 7.91.